The van der Waals surface area contributed by atoms with E-state index in [9.17, 15) is 0 Å². The summed E-state index contributed by atoms with van der Waals surface area (Å²) in [5, 5.41) is 0. The number of hydrogen-bond donors (Lipinski definition) is 0. The number of nitrogens with zero attached hydrogens (tertiary/aromatic N) is 2. The van der Waals surface area contributed by atoms with Gasteiger partial charge in [-0.25, -0.2) is 0 Å². The molecule has 2 aromatic rings. The van der Waals surface area contributed by atoms with Crippen LogP contribution in [-0.4, -0.2) is 11.2 Å². The van der Waals surface area contributed by atoms with Gasteiger partial charge >= 0.3 is 35.0 Å². The molecule has 1 heterocycles. The normalized spacial score (nSPS) is 54.9. The molecule has 1 aromatic heterocycles. The predicted octanol–water partition coefficient (Wildman–Crippen LogP) is 5.88. The van der Waals surface area contributed by atoms with Gasteiger partial charge in [-0.15, -0.1) is 0 Å². The maximum atomic E-state index is 5.04. The van der Waals surface area contributed by atoms with Crippen LogP contribution >= 0.6 is 19.1 Å². The van der Waals surface area contributed by atoms with E-state index in [1.165, 1.54) is 11.6 Å². The Morgan fingerprint density at radius 2 is 1.32 bits per heavy atom. The second-order valence-corrected chi connectivity index (χ2v) is 13.7. The average molecular weight is 540 g/mol. The van der Waals surface area contributed by atoms with E-state index in [2.05, 4.69) is 35.3 Å². The third kappa shape index (κ3) is 1.70. The maximum absolute atomic E-state index is 5.04. The molecule has 5 heteroatoms. The minimum absolute atomic E-state index is 0.106. The molecule has 2 bridgehead atoms. The van der Waals surface area contributed by atoms with E-state index < -0.39 is 0 Å². The van der Waals surface area contributed by atoms with Crippen LogP contribution in [0.1, 0.15) is 28.7 Å². The summed E-state index contributed by atoms with van der Waals surface area (Å²) in [4.78, 5) is 9.50. The number of hydrogen-bond acceptors (Lipinski definition) is 2. The number of aromatic nitrogens is 1. The number of halogens is 2. The van der Waals surface area contributed by atoms with E-state index in [1.807, 2.05) is 18.5 Å². The van der Waals surface area contributed by atoms with Crippen molar-refractivity contribution < 1.29 is 15.9 Å². The molecule has 9 aliphatic carbocycles. The van der Waals surface area contributed by atoms with Gasteiger partial charge in [-0.2, -0.15) is 0 Å². The van der Waals surface area contributed by atoms with E-state index >= 15 is 0 Å². The van der Waals surface area contributed by atoms with Crippen molar-refractivity contribution in [1.82, 2.24) is 4.98 Å². The Kier molecular flexibility index (Phi) is 3.24. The zero-order valence-corrected chi connectivity index (χ0v) is 19.7. The summed E-state index contributed by atoms with van der Waals surface area (Å²) in [7, 11) is 9.63. The van der Waals surface area contributed by atoms with Crippen molar-refractivity contribution in [3.8, 4) is 0 Å². The number of benzene rings is 1. The fraction of sp³-hybridized carbons (Fsp3) is 0.538. The van der Waals surface area contributed by atoms with Crippen LogP contribution in [0.5, 0.6) is 0 Å². The van der Waals surface area contributed by atoms with Crippen molar-refractivity contribution in [1.29, 1.82) is 0 Å². The molecular formula is C26H22Cl2N2Pd. The average Bonchev–Trinajstić information content (AvgIpc) is 3.41. The molecule has 0 radical (unpaired) electrons. The van der Waals surface area contributed by atoms with Gasteiger partial charge in [-0.3, -0.25) is 9.98 Å². The minimum atomic E-state index is -0.106. The molecule has 160 valence electrons. The SMILES string of the molecule is C(=Nc1cc2ccc1[C@H]1[C@@H]3C4C5C6[C@H]7[C@@H]4[C@H]3[C@H]3[C@H]7[C@H]6[C@H]([C@@H]13)[C@@H]25)c1ccccn1.[Cl][Pd][Cl]. The van der Waals surface area contributed by atoms with Gasteiger partial charge in [0, 0.05) is 6.20 Å². The van der Waals surface area contributed by atoms with Gasteiger partial charge in [-0.05, 0) is 112 Å². The molecule has 31 heavy (non-hydrogen) atoms. The third-order valence-corrected chi connectivity index (χ3v) is 11.6. The first-order chi connectivity index (χ1) is 15.3. The number of rotatable bonds is 2. The van der Waals surface area contributed by atoms with Crippen LogP contribution in [0.4, 0.5) is 5.69 Å². The molecule has 7 fully saturated rings. The molecule has 0 N–H and O–H groups in total. The molecule has 0 amide bonds. The number of fused-ring (bicyclic) bond motifs is 4. The standard InChI is InChI=1S/C26H22N2.2ClH.Pd/c1-2-6-27-10(3-1)8-28-12-7-9-4-5-11(12)14-17-15-13(9)16-19-18(14)23-22(17)25-20(15)21(16)26(25)24(19)23;;;/h1-8,13-26H;2*1H;/q;;;+2/p-2/t13-,14-,15+,16?,17-,18-,19?,20+,21?,22+,23-,24+,25-,26+;;;/m1.../s1. The summed E-state index contributed by atoms with van der Waals surface area (Å²) in [5.74, 6) is 14.9. The number of aliphatic imine (C=N–C) groups is 1. The van der Waals surface area contributed by atoms with Gasteiger partial charge in [0.25, 0.3) is 0 Å². The first-order valence-corrected chi connectivity index (χ1v) is 15.8. The van der Waals surface area contributed by atoms with Crippen molar-refractivity contribution in [2.24, 2.45) is 76.0 Å². The summed E-state index contributed by atoms with van der Waals surface area (Å²) < 4.78 is 0. The topological polar surface area (TPSA) is 25.2 Å². The van der Waals surface area contributed by atoms with Gasteiger partial charge in [0.15, 0.2) is 0 Å². The second kappa shape index (κ2) is 5.67. The summed E-state index contributed by atoms with van der Waals surface area (Å²) in [6, 6.07) is 13.6. The van der Waals surface area contributed by atoms with E-state index in [1.54, 1.807) is 11.1 Å². The molecule has 14 atom stereocenters. The fourth-order valence-corrected chi connectivity index (χ4v) is 11.9. The van der Waals surface area contributed by atoms with Crippen LogP contribution in [-0.2, 0) is 15.9 Å². The third-order valence-electron chi connectivity index (χ3n) is 11.6. The molecule has 0 spiro atoms. The summed E-state index contributed by atoms with van der Waals surface area (Å²) >= 11 is -0.106. The Morgan fingerprint density at radius 1 is 0.742 bits per heavy atom. The Balaban J connectivity index is 0.000000484. The zero-order valence-electron chi connectivity index (χ0n) is 16.7. The molecule has 0 aliphatic heterocycles. The van der Waals surface area contributed by atoms with E-state index in [0.717, 1.165) is 82.6 Å². The van der Waals surface area contributed by atoms with Gasteiger partial charge in [0.2, 0.25) is 0 Å². The van der Waals surface area contributed by atoms with Crippen molar-refractivity contribution in [2.45, 2.75) is 11.8 Å². The summed E-state index contributed by atoms with van der Waals surface area (Å²) in [5.41, 5.74) is 5.49. The van der Waals surface area contributed by atoms with E-state index in [0.29, 0.717) is 0 Å². The fourth-order valence-electron chi connectivity index (χ4n) is 11.9. The second-order valence-electron chi connectivity index (χ2n) is 11.4. The molecule has 2 nitrogen and oxygen atoms in total. The Labute approximate surface area is 198 Å². The first kappa shape index (κ1) is 17.7. The van der Waals surface area contributed by atoms with Crippen molar-refractivity contribution in [2.75, 3.05) is 0 Å². The quantitative estimate of drug-likeness (QED) is 0.346. The van der Waals surface area contributed by atoms with Crippen LogP contribution in [0.25, 0.3) is 0 Å². The van der Waals surface area contributed by atoms with Crippen molar-refractivity contribution >= 4 is 31.0 Å². The molecule has 7 saturated carbocycles. The molecular weight excluding hydrogens is 518 g/mol. The molecule has 0 saturated heterocycles. The van der Waals surface area contributed by atoms with E-state index in [-0.39, 0.29) is 15.9 Å². The van der Waals surface area contributed by atoms with Crippen LogP contribution < -0.4 is 0 Å². The predicted molar refractivity (Wildman–Crippen MR) is 117 cm³/mol. The van der Waals surface area contributed by atoms with Crippen LogP contribution in [0, 0.1) is 71.0 Å². The number of pyridine rings is 1. The Hall–Kier alpha value is -0.718. The molecule has 1 aromatic carbocycles. The van der Waals surface area contributed by atoms with Gasteiger partial charge in [0.05, 0.1) is 17.6 Å². The van der Waals surface area contributed by atoms with Gasteiger partial charge in [0.1, 0.15) is 0 Å². The van der Waals surface area contributed by atoms with Crippen molar-refractivity contribution in [3.05, 3.63) is 59.4 Å². The molecule has 11 rings (SSSR count). The van der Waals surface area contributed by atoms with Gasteiger partial charge in [-0.1, -0.05) is 18.2 Å². The Bertz CT molecular complexity index is 1170. The van der Waals surface area contributed by atoms with Gasteiger partial charge < -0.3 is 0 Å². The van der Waals surface area contributed by atoms with Crippen LogP contribution in [0.3, 0.4) is 0 Å². The van der Waals surface area contributed by atoms with Crippen LogP contribution in [0.2, 0.25) is 0 Å². The Morgan fingerprint density at radius 3 is 2.00 bits per heavy atom. The van der Waals surface area contributed by atoms with E-state index in [4.69, 9.17) is 24.1 Å². The molecule has 9 aliphatic rings. The first-order valence-electron chi connectivity index (χ1n) is 11.8. The summed E-state index contributed by atoms with van der Waals surface area (Å²) in [6.45, 7) is 0. The van der Waals surface area contributed by atoms with Crippen molar-refractivity contribution in [3.63, 3.8) is 0 Å². The molecule has 3 unspecified atom stereocenters. The zero-order chi connectivity index (χ0) is 20.2. The monoisotopic (exact) mass is 538 g/mol. The van der Waals surface area contributed by atoms with Crippen LogP contribution in [0.15, 0.2) is 47.6 Å². The summed E-state index contributed by atoms with van der Waals surface area (Å²) in [6.07, 6.45) is 3.86.